The number of nitrogens with two attached hydrogens (primary N) is 1. The summed E-state index contributed by atoms with van der Waals surface area (Å²) in [4.78, 5) is 16.2. The minimum absolute atomic E-state index is 0.842. The van der Waals surface area contributed by atoms with Crippen LogP contribution in [0.3, 0.4) is 0 Å². The van der Waals surface area contributed by atoms with Gasteiger partial charge in [-0.3, -0.25) is 10.4 Å². The van der Waals surface area contributed by atoms with Gasteiger partial charge < -0.3 is 9.79 Å². The van der Waals surface area contributed by atoms with Gasteiger partial charge in [0.05, 0.1) is 0 Å². The predicted molar refractivity (Wildman–Crippen MR) is 29.9 cm³/mol. The Morgan fingerprint density at radius 3 is 2.33 bits per heavy atom. The fourth-order valence-electron chi connectivity index (χ4n) is 0.236. The summed E-state index contributed by atoms with van der Waals surface area (Å²) >= 11 is 0. The molecule has 0 bridgehead atoms. The van der Waals surface area contributed by atoms with Crippen molar-refractivity contribution in [3.8, 4) is 0 Å². The summed E-state index contributed by atoms with van der Waals surface area (Å²) in [7, 11) is -4.38. The van der Waals surface area contributed by atoms with Gasteiger partial charge in [-0.25, -0.2) is 9.99 Å². The third-order valence-electron chi connectivity index (χ3n) is 0.530. The second kappa shape index (κ2) is 3.26. The van der Waals surface area contributed by atoms with Crippen LogP contribution in [-0.2, 0) is 9.09 Å². The van der Waals surface area contributed by atoms with Crippen LogP contribution in [-0.4, -0.2) is 16.0 Å². The van der Waals surface area contributed by atoms with E-state index in [-0.39, 0.29) is 0 Å². The Morgan fingerprint density at radius 2 is 2.22 bits per heavy atom. The number of nitrogens with one attached hydrogen (secondary N) is 1. The van der Waals surface area contributed by atoms with Crippen molar-refractivity contribution in [2.45, 2.75) is 13.2 Å². The monoisotopic (exact) mass is 156 g/mol. The molecule has 0 fully saturated rings. The Labute approximate surface area is 52.2 Å². The van der Waals surface area contributed by atoms with Crippen LogP contribution in [0.5, 0.6) is 0 Å². The highest BCUT2D eigenvalue weighted by molar-refractivity contribution is 7.46. The lowest BCUT2D eigenvalue weighted by Gasteiger charge is -2.10. The van der Waals surface area contributed by atoms with E-state index in [1.807, 2.05) is 5.43 Å². The van der Waals surface area contributed by atoms with Crippen molar-refractivity contribution in [3.63, 3.8) is 0 Å². The molecule has 0 aromatic rings. The maximum absolute atomic E-state index is 9.98. The Kier molecular flexibility index (Phi) is 3.27. The number of phosphoric acid groups is 1. The first-order valence-corrected chi connectivity index (χ1v) is 3.69. The summed E-state index contributed by atoms with van der Waals surface area (Å²) in [6.45, 7) is 1.37. The molecule has 6 nitrogen and oxygen atoms in total. The Bertz CT molecular complexity index is 122. The summed E-state index contributed by atoms with van der Waals surface area (Å²) in [6.07, 6.45) is -0.842. The van der Waals surface area contributed by atoms with E-state index in [9.17, 15) is 4.57 Å². The van der Waals surface area contributed by atoms with Crippen molar-refractivity contribution < 1.29 is 18.9 Å². The average Bonchev–Trinajstić information content (AvgIpc) is 1.62. The van der Waals surface area contributed by atoms with Gasteiger partial charge in [-0.05, 0) is 6.92 Å². The zero-order chi connectivity index (χ0) is 7.49. The lowest BCUT2D eigenvalue weighted by molar-refractivity contribution is 0.122. The summed E-state index contributed by atoms with van der Waals surface area (Å²) in [5, 5.41) is 0. The molecule has 0 saturated heterocycles. The van der Waals surface area contributed by atoms with Crippen LogP contribution in [0.25, 0.3) is 0 Å². The molecular weight excluding hydrogens is 147 g/mol. The molecule has 0 aliphatic heterocycles. The largest absolute Gasteiger partial charge is 0.471 e. The molecule has 1 atom stereocenters. The van der Waals surface area contributed by atoms with E-state index >= 15 is 0 Å². The first-order chi connectivity index (χ1) is 3.95. The van der Waals surface area contributed by atoms with E-state index in [1.165, 1.54) is 6.92 Å². The van der Waals surface area contributed by atoms with Gasteiger partial charge in [0, 0.05) is 0 Å². The van der Waals surface area contributed by atoms with Crippen molar-refractivity contribution >= 4 is 7.82 Å². The maximum atomic E-state index is 9.98. The third kappa shape index (κ3) is 5.91. The van der Waals surface area contributed by atoms with E-state index in [0.29, 0.717) is 0 Å². The van der Waals surface area contributed by atoms with Crippen LogP contribution < -0.4 is 11.3 Å². The van der Waals surface area contributed by atoms with Crippen LogP contribution in [0.4, 0.5) is 0 Å². The molecule has 0 amide bonds. The summed E-state index contributed by atoms with van der Waals surface area (Å²) in [5.74, 6) is 4.76. The SMILES string of the molecule is CC(NN)OP(=O)(O)O. The van der Waals surface area contributed by atoms with Crippen molar-refractivity contribution in [2.75, 3.05) is 0 Å². The van der Waals surface area contributed by atoms with Gasteiger partial charge >= 0.3 is 7.82 Å². The highest BCUT2D eigenvalue weighted by atomic mass is 31.2. The zero-order valence-electron chi connectivity index (χ0n) is 4.81. The molecule has 0 aromatic heterocycles. The highest BCUT2D eigenvalue weighted by Crippen LogP contribution is 2.36. The molecular formula is C2H9N2O4P. The smallest absolute Gasteiger partial charge is 0.303 e. The second-order valence-corrected chi connectivity index (χ2v) is 2.60. The van der Waals surface area contributed by atoms with Crippen molar-refractivity contribution in [1.29, 1.82) is 0 Å². The number of rotatable bonds is 3. The van der Waals surface area contributed by atoms with E-state index in [4.69, 9.17) is 15.6 Å². The highest BCUT2D eigenvalue weighted by Gasteiger charge is 2.16. The molecule has 0 radical (unpaired) electrons. The average molecular weight is 156 g/mol. The molecule has 0 spiro atoms. The van der Waals surface area contributed by atoms with Gasteiger partial charge in [0.25, 0.3) is 0 Å². The van der Waals surface area contributed by atoms with Gasteiger partial charge in [0.1, 0.15) is 6.23 Å². The lowest BCUT2D eigenvalue weighted by atomic mass is 10.7. The van der Waals surface area contributed by atoms with Crippen LogP contribution in [0.15, 0.2) is 0 Å². The minimum atomic E-state index is -4.38. The lowest BCUT2D eigenvalue weighted by Crippen LogP contribution is -2.33. The fraction of sp³-hybridized carbons (Fsp3) is 1.00. The van der Waals surface area contributed by atoms with Crippen LogP contribution in [0.1, 0.15) is 6.92 Å². The Balaban J connectivity index is 3.60. The van der Waals surface area contributed by atoms with Gasteiger partial charge in [-0.2, -0.15) is 0 Å². The number of hydrogen-bond acceptors (Lipinski definition) is 4. The molecule has 0 aliphatic rings. The molecule has 56 valence electrons. The van der Waals surface area contributed by atoms with Crippen LogP contribution in [0.2, 0.25) is 0 Å². The molecule has 0 aromatic carbocycles. The maximum Gasteiger partial charge on any atom is 0.471 e. The van der Waals surface area contributed by atoms with Gasteiger partial charge in [0.15, 0.2) is 0 Å². The van der Waals surface area contributed by atoms with Crippen molar-refractivity contribution in [1.82, 2.24) is 5.43 Å². The normalized spacial score (nSPS) is 15.6. The molecule has 0 aliphatic carbocycles. The molecule has 0 rings (SSSR count). The van der Waals surface area contributed by atoms with Gasteiger partial charge in [-0.1, -0.05) is 0 Å². The van der Waals surface area contributed by atoms with Crippen LogP contribution in [0, 0.1) is 0 Å². The second-order valence-electron chi connectivity index (χ2n) is 1.40. The van der Waals surface area contributed by atoms with Crippen molar-refractivity contribution in [2.24, 2.45) is 5.84 Å². The molecule has 1 unspecified atom stereocenters. The minimum Gasteiger partial charge on any atom is -0.303 e. The van der Waals surface area contributed by atoms with E-state index in [1.54, 1.807) is 0 Å². The van der Waals surface area contributed by atoms with E-state index < -0.39 is 14.1 Å². The number of hydrazine groups is 1. The standard InChI is InChI=1S/C2H9N2O4P/c1-2(4-3)8-9(5,6)7/h2,4H,3H2,1H3,(H2,5,6,7). The van der Waals surface area contributed by atoms with Gasteiger partial charge in [0.2, 0.25) is 0 Å². The molecule has 9 heavy (non-hydrogen) atoms. The summed E-state index contributed by atoms with van der Waals surface area (Å²) in [5.41, 5.74) is 2.01. The first kappa shape index (κ1) is 9.03. The van der Waals surface area contributed by atoms with Crippen LogP contribution >= 0.6 is 7.82 Å². The van der Waals surface area contributed by atoms with E-state index in [2.05, 4.69) is 4.52 Å². The van der Waals surface area contributed by atoms with Crippen molar-refractivity contribution in [3.05, 3.63) is 0 Å². The summed E-state index contributed by atoms with van der Waals surface area (Å²) in [6, 6.07) is 0. The zero-order valence-corrected chi connectivity index (χ0v) is 5.71. The Hall–Kier alpha value is 0.0300. The number of phosphoric ester groups is 1. The topological polar surface area (TPSA) is 105 Å². The molecule has 7 heteroatoms. The Morgan fingerprint density at radius 1 is 1.78 bits per heavy atom. The predicted octanol–water partition coefficient (Wildman–Crippen LogP) is -1.10. The molecule has 0 heterocycles. The number of hydrogen-bond donors (Lipinski definition) is 4. The van der Waals surface area contributed by atoms with E-state index in [0.717, 1.165) is 0 Å². The third-order valence-corrected chi connectivity index (χ3v) is 1.12. The first-order valence-electron chi connectivity index (χ1n) is 2.16. The fourth-order valence-corrected chi connectivity index (χ4v) is 0.709. The van der Waals surface area contributed by atoms with Gasteiger partial charge in [-0.15, -0.1) is 0 Å². The quantitative estimate of drug-likeness (QED) is 0.179. The summed E-state index contributed by atoms with van der Waals surface area (Å²) < 4.78 is 14.0. The molecule has 5 N–H and O–H groups in total. The molecule has 0 saturated carbocycles.